The van der Waals surface area contributed by atoms with Gasteiger partial charge >= 0.3 is 0 Å². The molecule has 19 heavy (non-hydrogen) atoms. The molecular formula is C15H24FN3. The SMILES string of the molecule is CC(C)C1CN(Cc2cncc(F)c2)C(C)CCN1. The van der Waals surface area contributed by atoms with E-state index in [-0.39, 0.29) is 5.82 Å². The van der Waals surface area contributed by atoms with Gasteiger partial charge in [0.15, 0.2) is 0 Å². The number of rotatable bonds is 3. The van der Waals surface area contributed by atoms with Gasteiger partial charge < -0.3 is 5.32 Å². The van der Waals surface area contributed by atoms with Gasteiger partial charge in [0.2, 0.25) is 0 Å². The monoisotopic (exact) mass is 265 g/mol. The largest absolute Gasteiger partial charge is 0.312 e. The molecule has 4 heteroatoms. The first-order valence-electron chi connectivity index (χ1n) is 7.13. The average molecular weight is 265 g/mol. The van der Waals surface area contributed by atoms with E-state index in [9.17, 15) is 4.39 Å². The lowest BCUT2D eigenvalue weighted by Crippen LogP contribution is -2.42. The van der Waals surface area contributed by atoms with Gasteiger partial charge in [0.25, 0.3) is 0 Å². The summed E-state index contributed by atoms with van der Waals surface area (Å²) in [7, 11) is 0. The Morgan fingerprint density at radius 1 is 1.47 bits per heavy atom. The maximum Gasteiger partial charge on any atom is 0.141 e. The van der Waals surface area contributed by atoms with Crippen LogP contribution in [0.5, 0.6) is 0 Å². The summed E-state index contributed by atoms with van der Waals surface area (Å²) in [5.41, 5.74) is 0.955. The van der Waals surface area contributed by atoms with Crippen molar-refractivity contribution >= 4 is 0 Å². The van der Waals surface area contributed by atoms with Crippen LogP contribution in [-0.2, 0) is 6.54 Å². The van der Waals surface area contributed by atoms with Crippen molar-refractivity contribution in [2.24, 2.45) is 5.92 Å². The summed E-state index contributed by atoms with van der Waals surface area (Å²) >= 11 is 0. The Morgan fingerprint density at radius 3 is 2.95 bits per heavy atom. The zero-order chi connectivity index (χ0) is 13.8. The van der Waals surface area contributed by atoms with Gasteiger partial charge in [-0.15, -0.1) is 0 Å². The lowest BCUT2D eigenvalue weighted by atomic mass is 10.0. The number of hydrogen-bond acceptors (Lipinski definition) is 3. The van der Waals surface area contributed by atoms with E-state index >= 15 is 0 Å². The van der Waals surface area contributed by atoms with E-state index in [4.69, 9.17) is 0 Å². The normalized spacial score (nSPS) is 25.5. The average Bonchev–Trinajstić information content (AvgIpc) is 2.52. The van der Waals surface area contributed by atoms with Gasteiger partial charge in [0, 0.05) is 31.4 Å². The van der Waals surface area contributed by atoms with Gasteiger partial charge in [-0.2, -0.15) is 0 Å². The van der Waals surface area contributed by atoms with Crippen LogP contribution in [0.3, 0.4) is 0 Å². The lowest BCUT2D eigenvalue weighted by molar-refractivity contribution is 0.183. The molecule has 1 aromatic heterocycles. The van der Waals surface area contributed by atoms with Crippen LogP contribution in [0.4, 0.5) is 4.39 Å². The highest BCUT2D eigenvalue weighted by molar-refractivity contribution is 5.10. The predicted molar refractivity (Wildman–Crippen MR) is 75.3 cm³/mol. The van der Waals surface area contributed by atoms with Crippen LogP contribution >= 0.6 is 0 Å². The molecule has 2 heterocycles. The van der Waals surface area contributed by atoms with Gasteiger partial charge in [-0.05, 0) is 37.4 Å². The fourth-order valence-electron chi connectivity index (χ4n) is 2.60. The van der Waals surface area contributed by atoms with Crippen LogP contribution in [-0.4, -0.2) is 35.1 Å². The number of nitrogens with zero attached hydrogens (tertiary/aromatic N) is 2. The molecule has 106 valence electrons. The molecular weight excluding hydrogens is 241 g/mol. The van der Waals surface area contributed by atoms with Crippen molar-refractivity contribution in [1.82, 2.24) is 15.2 Å². The summed E-state index contributed by atoms with van der Waals surface area (Å²) < 4.78 is 13.2. The molecule has 0 spiro atoms. The highest BCUT2D eigenvalue weighted by atomic mass is 19.1. The standard InChI is InChI=1S/C15H24FN3/c1-11(2)15-10-19(12(3)4-5-18-15)9-13-6-14(16)8-17-7-13/h6-8,11-12,15,18H,4-5,9-10H2,1-3H3. The second kappa shape index (κ2) is 6.44. The minimum atomic E-state index is -0.251. The molecule has 0 bridgehead atoms. The summed E-state index contributed by atoms with van der Waals surface area (Å²) in [5.74, 6) is 0.358. The minimum Gasteiger partial charge on any atom is -0.312 e. The predicted octanol–water partition coefficient (Wildman–Crippen LogP) is 2.43. The van der Waals surface area contributed by atoms with Crippen molar-refractivity contribution in [1.29, 1.82) is 0 Å². The third-order valence-electron chi connectivity index (χ3n) is 3.98. The Balaban J connectivity index is 2.07. The summed E-state index contributed by atoms with van der Waals surface area (Å²) in [6, 6.07) is 2.61. The quantitative estimate of drug-likeness (QED) is 0.910. The van der Waals surface area contributed by atoms with E-state index in [1.165, 1.54) is 6.20 Å². The van der Waals surface area contributed by atoms with Crippen LogP contribution in [0.1, 0.15) is 32.8 Å². The Morgan fingerprint density at radius 2 is 2.26 bits per heavy atom. The smallest absolute Gasteiger partial charge is 0.141 e. The molecule has 0 amide bonds. The zero-order valence-corrected chi connectivity index (χ0v) is 12.1. The third kappa shape index (κ3) is 3.98. The molecule has 1 aromatic rings. The Hall–Kier alpha value is -1.00. The number of halogens is 1. The molecule has 1 aliphatic heterocycles. The molecule has 2 rings (SSSR count). The molecule has 1 N–H and O–H groups in total. The van der Waals surface area contributed by atoms with Crippen molar-refractivity contribution in [3.63, 3.8) is 0 Å². The molecule has 2 unspecified atom stereocenters. The fourth-order valence-corrected chi connectivity index (χ4v) is 2.60. The van der Waals surface area contributed by atoms with Gasteiger partial charge in [-0.1, -0.05) is 13.8 Å². The molecule has 1 aliphatic rings. The molecule has 0 aliphatic carbocycles. The molecule has 0 radical (unpaired) electrons. The summed E-state index contributed by atoms with van der Waals surface area (Å²) in [4.78, 5) is 6.37. The van der Waals surface area contributed by atoms with Crippen molar-refractivity contribution in [3.05, 3.63) is 29.8 Å². The fraction of sp³-hybridized carbons (Fsp3) is 0.667. The molecule has 1 saturated heterocycles. The van der Waals surface area contributed by atoms with Crippen LogP contribution in [0.25, 0.3) is 0 Å². The van der Waals surface area contributed by atoms with E-state index < -0.39 is 0 Å². The highest BCUT2D eigenvalue weighted by Gasteiger charge is 2.24. The number of aromatic nitrogens is 1. The number of hydrogen-bond donors (Lipinski definition) is 1. The molecule has 3 nitrogen and oxygen atoms in total. The maximum absolute atomic E-state index is 13.2. The molecule has 1 fully saturated rings. The van der Waals surface area contributed by atoms with Crippen LogP contribution in [0, 0.1) is 11.7 Å². The minimum absolute atomic E-state index is 0.251. The van der Waals surface area contributed by atoms with Gasteiger partial charge in [-0.25, -0.2) is 4.39 Å². The second-order valence-corrected chi connectivity index (χ2v) is 5.88. The lowest BCUT2D eigenvalue weighted by Gasteiger charge is -2.30. The van der Waals surface area contributed by atoms with E-state index in [1.807, 2.05) is 0 Å². The van der Waals surface area contributed by atoms with Crippen molar-refractivity contribution in [3.8, 4) is 0 Å². The van der Waals surface area contributed by atoms with Gasteiger partial charge in [0.05, 0.1) is 6.20 Å². The Labute approximate surface area is 115 Å². The second-order valence-electron chi connectivity index (χ2n) is 5.88. The summed E-state index contributed by atoms with van der Waals surface area (Å²) in [5, 5.41) is 3.61. The zero-order valence-electron chi connectivity index (χ0n) is 12.1. The molecule has 2 atom stereocenters. The van der Waals surface area contributed by atoms with Gasteiger partial charge in [0.1, 0.15) is 5.82 Å². The van der Waals surface area contributed by atoms with E-state index in [2.05, 4.69) is 36.0 Å². The first kappa shape index (κ1) is 14.4. The van der Waals surface area contributed by atoms with Crippen molar-refractivity contribution < 1.29 is 4.39 Å². The summed E-state index contributed by atoms with van der Waals surface area (Å²) in [6.45, 7) is 9.58. The summed E-state index contributed by atoms with van der Waals surface area (Å²) in [6.07, 6.45) is 4.15. The van der Waals surface area contributed by atoms with Crippen LogP contribution < -0.4 is 5.32 Å². The van der Waals surface area contributed by atoms with E-state index in [0.717, 1.165) is 31.6 Å². The van der Waals surface area contributed by atoms with Crippen molar-refractivity contribution in [2.45, 2.75) is 45.8 Å². The van der Waals surface area contributed by atoms with Gasteiger partial charge in [-0.3, -0.25) is 9.88 Å². The topological polar surface area (TPSA) is 28.2 Å². The van der Waals surface area contributed by atoms with Crippen LogP contribution in [0.2, 0.25) is 0 Å². The Kier molecular flexibility index (Phi) is 4.88. The van der Waals surface area contributed by atoms with E-state index in [1.54, 1.807) is 12.3 Å². The van der Waals surface area contributed by atoms with Crippen LogP contribution in [0.15, 0.2) is 18.5 Å². The number of pyridine rings is 1. The highest BCUT2D eigenvalue weighted by Crippen LogP contribution is 2.16. The maximum atomic E-state index is 13.2. The van der Waals surface area contributed by atoms with E-state index in [0.29, 0.717) is 18.0 Å². The Bertz CT molecular complexity index is 408. The number of nitrogens with one attached hydrogen (secondary N) is 1. The first-order valence-corrected chi connectivity index (χ1v) is 7.13. The van der Waals surface area contributed by atoms with Crippen molar-refractivity contribution in [2.75, 3.05) is 13.1 Å². The molecule has 0 aromatic carbocycles. The molecule has 0 saturated carbocycles. The first-order chi connectivity index (χ1) is 9.06. The third-order valence-corrected chi connectivity index (χ3v) is 3.98.